The fourth-order valence-corrected chi connectivity index (χ4v) is 3.72. The number of halogens is 8. The third-order valence-electron chi connectivity index (χ3n) is 4.92. The predicted molar refractivity (Wildman–Crippen MR) is 87.1 cm³/mol. The van der Waals surface area contributed by atoms with Crippen molar-refractivity contribution < 1.29 is 35.1 Å². The molecule has 5 nitrogen and oxygen atoms in total. The molecule has 29 heavy (non-hydrogen) atoms. The van der Waals surface area contributed by atoms with Crippen molar-refractivity contribution in [3.05, 3.63) is 42.1 Å². The van der Waals surface area contributed by atoms with Gasteiger partial charge in [-0.25, -0.2) is 5.01 Å². The zero-order valence-corrected chi connectivity index (χ0v) is 14.7. The van der Waals surface area contributed by atoms with Gasteiger partial charge in [-0.3, -0.25) is 10.1 Å². The number of nitrogens with zero attached hydrogens (tertiary/aromatic N) is 3. The van der Waals surface area contributed by atoms with Crippen LogP contribution in [0.3, 0.4) is 0 Å². The van der Waals surface area contributed by atoms with Crippen molar-refractivity contribution in [3.63, 3.8) is 0 Å². The van der Waals surface area contributed by atoms with Gasteiger partial charge in [-0.1, -0.05) is 12.1 Å². The summed E-state index contributed by atoms with van der Waals surface area (Å²) in [7, 11) is 0.986. The zero-order chi connectivity index (χ0) is 21.8. The van der Waals surface area contributed by atoms with Crippen molar-refractivity contribution in [2.75, 3.05) is 24.3 Å². The first-order valence-corrected chi connectivity index (χ1v) is 8.10. The molecule has 2 aromatic rings. The summed E-state index contributed by atoms with van der Waals surface area (Å²) in [5.41, 5.74) is 0.898. The molecule has 2 heterocycles. The molecule has 3 rings (SSSR count). The maximum atomic E-state index is 14.7. The monoisotopic (exact) mass is 429 g/mol. The normalized spacial score (nSPS) is 24.3. The van der Waals surface area contributed by atoms with Crippen LogP contribution in [0.25, 0.3) is 0 Å². The highest BCUT2D eigenvalue weighted by atomic mass is 19.4. The van der Waals surface area contributed by atoms with Gasteiger partial charge in [0.25, 0.3) is 0 Å². The second-order valence-corrected chi connectivity index (χ2v) is 6.72. The molecule has 0 saturated carbocycles. The van der Waals surface area contributed by atoms with Gasteiger partial charge in [0.1, 0.15) is 17.3 Å². The van der Waals surface area contributed by atoms with Gasteiger partial charge in [-0.15, -0.1) is 0 Å². The van der Waals surface area contributed by atoms with E-state index in [2.05, 4.69) is 10.2 Å². The van der Waals surface area contributed by atoms with Crippen LogP contribution in [-0.2, 0) is 5.41 Å². The SMILES string of the molecule is CN1CC(c2cccc(N)c2)(C(F)(F)F)C(C(F)(F)C(F)(F)F)N1c1ccn[nH]1. The van der Waals surface area contributed by atoms with E-state index in [1.54, 1.807) is 0 Å². The van der Waals surface area contributed by atoms with E-state index in [4.69, 9.17) is 5.73 Å². The molecule has 0 radical (unpaired) electrons. The Hall–Kier alpha value is -2.57. The molecule has 0 aliphatic carbocycles. The van der Waals surface area contributed by atoms with Crippen LogP contribution in [0.4, 0.5) is 46.6 Å². The van der Waals surface area contributed by atoms with E-state index < -0.39 is 47.7 Å². The number of aromatic nitrogens is 2. The van der Waals surface area contributed by atoms with E-state index in [0.717, 1.165) is 37.5 Å². The Morgan fingerprint density at radius 1 is 1.10 bits per heavy atom. The Balaban J connectivity index is 2.36. The van der Waals surface area contributed by atoms with Gasteiger partial charge in [0.2, 0.25) is 0 Å². The van der Waals surface area contributed by atoms with E-state index in [0.29, 0.717) is 5.01 Å². The average molecular weight is 429 g/mol. The molecule has 1 fully saturated rings. The Bertz CT molecular complexity index is 863. The number of nitrogens with two attached hydrogens (primary N) is 1. The second kappa shape index (κ2) is 6.47. The summed E-state index contributed by atoms with van der Waals surface area (Å²) in [6.45, 7) is -1.20. The Labute approximate surface area is 159 Å². The number of nitrogen functional groups attached to an aromatic ring is 1. The number of hydrogen-bond donors (Lipinski definition) is 2. The van der Waals surface area contributed by atoms with Gasteiger partial charge in [0.05, 0.1) is 6.20 Å². The van der Waals surface area contributed by atoms with Crippen molar-refractivity contribution in [2.24, 2.45) is 0 Å². The first-order valence-electron chi connectivity index (χ1n) is 8.10. The lowest BCUT2D eigenvalue weighted by atomic mass is 9.71. The summed E-state index contributed by atoms with van der Waals surface area (Å²) in [6.07, 6.45) is -10.7. The van der Waals surface area contributed by atoms with Crippen molar-refractivity contribution in [3.8, 4) is 0 Å². The molecule has 1 aromatic carbocycles. The summed E-state index contributed by atoms with van der Waals surface area (Å²) < 4.78 is 113. The van der Waals surface area contributed by atoms with E-state index in [1.807, 2.05) is 0 Å². The highest BCUT2D eigenvalue weighted by molar-refractivity contribution is 5.51. The Morgan fingerprint density at radius 3 is 2.24 bits per heavy atom. The number of hydrazine groups is 1. The molecule has 0 amide bonds. The van der Waals surface area contributed by atoms with Gasteiger partial charge < -0.3 is 5.73 Å². The molecule has 3 N–H and O–H groups in total. The fourth-order valence-electron chi connectivity index (χ4n) is 3.72. The van der Waals surface area contributed by atoms with Gasteiger partial charge >= 0.3 is 18.3 Å². The molecule has 13 heteroatoms. The quantitative estimate of drug-likeness (QED) is 0.577. The minimum absolute atomic E-state index is 0.206. The maximum Gasteiger partial charge on any atom is 0.455 e. The Kier molecular flexibility index (Phi) is 4.72. The molecule has 160 valence electrons. The predicted octanol–water partition coefficient (Wildman–Crippen LogP) is 3.73. The molecule has 1 aromatic heterocycles. The van der Waals surface area contributed by atoms with E-state index in [9.17, 15) is 35.1 Å². The van der Waals surface area contributed by atoms with Crippen LogP contribution in [-0.4, -0.2) is 53.1 Å². The topological polar surface area (TPSA) is 61.2 Å². The molecule has 2 atom stereocenters. The number of benzene rings is 1. The molecule has 2 unspecified atom stereocenters. The lowest BCUT2D eigenvalue weighted by molar-refractivity contribution is -0.307. The van der Waals surface area contributed by atoms with Crippen LogP contribution >= 0.6 is 0 Å². The van der Waals surface area contributed by atoms with Crippen LogP contribution in [0, 0.1) is 0 Å². The average Bonchev–Trinajstić information content (AvgIpc) is 3.19. The molecule has 1 aliphatic rings. The number of anilines is 2. The van der Waals surface area contributed by atoms with Gasteiger partial charge in [0.15, 0.2) is 0 Å². The minimum Gasteiger partial charge on any atom is -0.399 e. The van der Waals surface area contributed by atoms with Gasteiger partial charge in [-0.05, 0) is 17.7 Å². The van der Waals surface area contributed by atoms with Gasteiger partial charge in [0, 0.05) is 25.3 Å². The first kappa shape index (κ1) is 21.1. The molecular weight excluding hydrogens is 414 g/mol. The number of H-pyrrole nitrogens is 1. The minimum atomic E-state index is -6.25. The highest BCUT2D eigenvalue weighted by Gasteiger charge is 2.79. The third kappa shape index (κ3) is 3.07. The highest BCUT2D eigenvalue weighted by Crippen LogP contribution is 2.57. The lowest BCUT2D eigenvalue weighted by Crippen LogP contribution is -2.65. The van der Waals surface area contributed by atoms with Gasteiger partial charge in [-0.2, -0.15) is 40.2 Å². The number of aromatic amines is 1. The van der Waals surface area contributed by atoms with E-state index in [1.165, 1.54) is 6.07 Å². The number of likely N-dealkylation sites (N-methyl/N-ethyl adjacent to an activating group) is 1. The zero-order valence-electron chi connectivity index (χ0n) is 14.7. The van der Waals surface area contributed by atoms with Crippen LogP contribution in [0.1, 0.15) is 5.56 Å². The molecule has 0 bridgehead atoms. The number of nitrogens with one attached hydrogen (secondary N) is 1. The fraction of sp³-hybridized carbons (Fsp3) is 0.438. The molecule has 0 spiro atoms. The third-order valence-corrected chi connectivity index (χ3v) is 4.92. The number of hydrogen-bond acceptors (Lipinski definition) is 4. The number of rotatable bonds is 3. The van der Waals surface area contributed by atoms with Crippen LogP contribution < -0.4 is 10.7 Å². The number of alkyl halides is 8. The van der Waals surface area contributed by atoms with Crippen LogP contribution in [0.15, 0.2) is 36.5 Å². The van der Waals surface area contributed by atoms with Crippen molar-refractivity contribution in [1.82, 2.24) is 15.2 Å². The van der Waals surface area contributed by atoms with E-state index in [-0.39, 0.29) is 10.7 Å². The standard InChI is InChI=1S/C16H15F8N5/c1-28-8-13(15(19,20)21,9-3-2-4-10(25)7-9)12(14(17,18)16(22,23)24)29(28)11-5-6-26-27-11/h2-7,12H,8,25H2,1H3,(H,26,27). The summed E-state index contributed by atoms with van der Waals surface area (Å²) in [6, 6.07) is 1.49. The summed E-state index contributed by atoms with van der Waals surface area (Å²) in [5, 5.41) is 6.52. The molecule has 1 aliphatic heterocycles. The van der Waals surface area contributed by atoms with Crippen LogP contribution in [0.2, 0.25) is 0 Å². The maximum absolute atomic E-state index is 14.7. The van der Waals surface area contributed by atoms with Crippen molar-refractivity contribution in [1.29, 1.82) is 0 Å². The van der Waals surface area contributed by atoms with Crippen molar-refractivity contribution >= 4 is 11.5 Å². The molecule has 1 saturated heterocycles. The smallest absolute Gasteiger partial charge is 0.399 e. The summed E-state index contributed by atoms with van der Waals surface area (Å²) >= 11 is 0. The summed E-state index contributed by atoms with van der Waals surface area (Å²) in [4.78, 5) is 0. The van der Waals surface area contributed by atoms with Crippen molar-refractivity contribution in [2.45, 2.75) is 29.7 Å². The summed E-state index contributed by atoms with van der Waals surface area (Å²) in [5.74, 6) is -6.19. The first-order chi connectivity index (χ1) is 13.2. The molecular formula is C16H15F8N5. The largest absolute Gasteiger partial charge is 0.455 e. The van der Waals surface area contributed by atoms with Crippen LogP contribution in [0.5, 0.6) is 0 Å². The lowest BCUT2D eigenvalue weighted by Gasteiger charge is -2.42. The second-order valence-electron chi connectivity index (χ2n) is 6.72. The Morgan fingerprint density at radius 2 is 1.76 bits per heavy atom. The van der Waals surface area contributed by atoms with E-state index >= 15 is 0 Å².